The Bertz CT molecular complexity index is 202. The minimum Gasteiger partial charge on any atom is -0.378 e. The third-order valence-electron chi connectivity index (χ3n) is 3.90. The highest BCUT2D eigenvalue weighted by atomic mass is 16.5. The molecule has 17 heavy (non-hydrogen) atoms. The van der Waals surface area contributed by atoms with Crippen LogP contribution in [0.5, 0.6) is 0 Å². The van der Waals surface area contributed by atoms with Gasteiger partial charge in [0.2, 0.25) is 0 Å². The Morgan fingerprint density at radius 3 is 2.71 bits per heavy atom. The number of nitrogens with one attached hydrogen (secondary N) is 1. The maximum Gasteiger partial charge on any atom is 0.0589 e. The van der Waals surface area contributed by atoms with Crippen molar-refractivity contribution >= 4 is 0 Å². The minimum atomic E-state index is 0.494. The highest BCUT2D eigenvalue weighted by Gasteiger charge is 2.22. The highest BCUT2D eigenvalue weighted by Crippen LogP contribution is 2.18. The molecule has 0 aliphatic carbocycles. The maximum absolute atomic E-state index is 5.76. The van der Waals surface area contributed by atoms with Gasteiger partial charge in [0.05, 0.1) is 12.2 Å². The molecule has 0 amide bonds. The monoisotopic (exact) mass is 241 g/mol. The Morgan fingerprint density at radius 2 is 1.94 bits per heavy atom. The first-order valence-corrected chi connectivity index (χ1v) is 7.35. The molecular formula is C14H27NO2. The number of rotatable bonds is 6. The minimum absolute atomic E-state index is 0.494. The molecule has 3 heteroatoms. The average Bonchev–Trinajstić information content (AvgIpc) is 2.83. The molecule has 3 atom stereocenters. The van der Waals surface area contributed by atoms with E-state index in [-0.39, 0.29) is 0 Å². The molecule has 0 aromatic heterocycles. The van der Waals surface area contributed by atoms with Crippen LogP contribution in [0.2, 0.25) is 0 Å². The molecule has 2 fully saturated rings. The molecule has 100 valence electrons. The van der Waals surface area contributed by atoms with Gasteiger partial charge in [-0.05, 0) is 45.1 Å². The van der Waals surface area contributed by atoms with E-state index in [0.29, 0.717) is 18.2 Å². The molecule has 0 aromatic rings. The van der Waals surface area contributed by atoms with Crippen molar-refractivity contribution in [3.8, 4) is 0 Å². The first kappa shape index (κ1) is 13.3. The lowest BCUT2D eigenvalue weighted by molar-refractivity contribution is -0.00374. The molecule has 1 N–H and O–H groups in total. The summed E-state index contributed by atoms with van der Waals surface area (Å²) in [7, 11) is 0. The molecule has 0 saturated carbocycles. The Morgan fingerprint density at radius 1 is 1.06 bits per heavy atom. The second-order valence-corrected chi connectivity index (χ2v) is 5.38. The lowest BCUT2D eigenvalue weighted by Gasteiger charge is -2.30. The summed E-state index contributed by atoms with van der Waals surface area (Å²) in [6.45, 7) is 5.24. The average molecular weight is 241 g/mol. The standard InChI is InChI=1S/C14H27NO2/c1-2-4-14-11-12(7-10-17-14)15-8-6-13-5-3-9-16-13/h12-15H,2-11H2,1H3. The van der Waals surface area contributed by atoms with Gasteiger partial charge in [0, 0.05) is 19.3 Å². The summed E-state index contributed by atoms with van der Waals surface area (Å²) in [6.07, 6.45) is 9.51. The lowest BCUT2D eigenvalue weighted by Crippen LogP contribution is -2.40. The van der Waals surface area contributed by atoms with Crippen LogP contribution < -0.4 is 5.32 Å². The van der Waals surface area contributed by atoms with Gasteiger partial charge >= 0.3 is 0 Å². The van der Waals surface area contributed by atoms with Crippen LogP contribution in [0, 0.1) is 0 Å². The van der Waals surface area contributed by atoms with Crippen molar-refractivity contribution in [2.75, 3.05) is 19.8 Å². The van der Waals surface area contributed by atoms with Gasteiger partial charge in [-0.25, -0.2) is 0 Å². The van der Waals surface area contributed by atoms with Crippen LogP contribution >= 0.6 is 0 Å². The summed E-state index contributed by atoms with van der Waals surface area (Å²) >= 11 is 0. The summed E-state index contributed by atoms with van der Waals surface area (Å²) in [4.78, 5) is 0. The molecule has 0 radical (unpaired) electrons. The Labute approximate surface area is 105 Å². The van der Waals surface area contributed by atoms with Crippen LogP contribution in [0.15, 0.2) is 0 Å². The van der Waals surface area contributed by atoms with E-state index in [9.17, 15) is 0 Å². The molecule has 2 rings (SSSR count). The second kappa shape index (κ2) is 7.34. The summed E-state index contributed by atoms with van der Waals surface area (Å²) in [6, 6.07) is 0.668. The first-order valence-electron chi connectivity index (χ1n) is 7.35. The molecule has 0 bridgehead atoms. The smallest absolute Gasteiger partial charge is 0.0589 e. The maximum atomic E-state index is 5.76. The molecule has 2 heterocycles. The first-order chi connectivity index (χ1) is 8.38. The Balaban J connectivity index is 1.58. The fraction of sp³-hybridized carbons (Fsp3) is 1.00. The molecular weight excluding hydrogens is 214 g/mol. The van der Waals surface area contributed by atoms with Crippen LogP contribution in [0.25, 0.3) is 0 Å². The zero-order valence-corrected chi connectivity index (χ0v) is 11.1. The predicted molar refractivity (Wildman–Crippen MR) is 69.3 cm³/mol. The Hall–Kier alpha value is -0.120. The topological polar surface area (TPSA) is 30.5 Å². The van der Waals surface area contributed by atoms with E-state index in [2.05, 4.69) is 12.2 Å². The van der Waals surface area contributed by atoms with Gasteiger partial charge in [0.25, 0.3) is 0 Å². The summed E-state index contributed by atoms with van der Waals surface area (Å²) in [5.41, 5.74) is 0. The highest BCUT2D eigenvalue weighted by molar-refractivity contribution is 4.77. The summed E-state index contributed by atoms with van der Waals surface area (Å²) < 4.78 is 11.4. The van der Waals surface area contributed by atoms with Crippen molar-refractivity contribution in [2.24, 2.45) is 0 Å². The quantitative estimate of drug-likeness (QED) is 0.775. The Kier molecular flexibility index (Phi) is 5.75. The molecule has 2 saturated heterocycles. The second-order valence-electron chi connectivity index (χ2n) is 5.38. The van der Waals surface area contributed by atoms with E-state index in [1.807, 2.05) is 0 Å². The molecule has 3 nitrogen and oxygen atoms in total. The van der Waals surface area contributed by atoms with Crippen LogP contribution in [0.1, 0.15) is 51.9 Å². The molecule has 3 unspecified atom stereocenters. The van der Waals surface area contributed by atoms with Crippen LogP contribution in [-0.4, -0.2) is 38.0 Å². The van der Waals surface area contributed by atoms with E-state index >= 15 is 0 Å². The third-order valence-corrected chi connectivity index (χ3v) is 3.90. The van der Waals surface area contributed by atoms with Gasteiger partial charge in [-0.15, -0.1) is 0 Å². The van der Waals surface area contributed by atoms with Gasteiger partial charge in [-0.3, -0.25) is 0 Å². The normalized spacial score (nSPS) is 34.1. The third kappa shape index (κ3) is 4.57. The largest absolute Gasteiger partial charge is 0.378 e. The fourth-order valence-electron chi connectivity index (χ4n) is 2.91. The summed E-state index contributed by atoms with van der Waals surface area (Å²) in [5.74, 6) is 0. The zero-order chi connectivity index (χ0) is 11.9. The van der Waals surface area contributed by atoms with Crippen molar-refractivity contribution in [3.63, 3.8) is 0 Å². The number of ether oxygens (including phenoxy) is 2. The molecule has 0 aromatic carbocycles. The van der Waals surface area contributed by atoms with Gasteiger partial charge in [0.1, 0.15) is 0 Å². The predicted octanol–water partition coefficient (Wildman–Crippen LogP) is 2.49. The van der Waals surface area contributed by atoms with Crippen LogP contribution in [0.4, 0.5) is 0 Å². The van der Waals surface area contributed by atoms with Gasteiger partial charge in [-0.1, -0.05) is 13.3 Å². The van der Waals surface area contributed by atoms with E-state index < -0.39 is 0 Å². The number of hydrogen-bond donors (Lipinski definition) is 1. The molecule has 0 spiro atoms. The van der Waals surface area contributed by atoms with Gasteiger partial charge in [0.15, 0.2) is 0 Å². The van der Waals surface area contributed by atoms with E-state index in [1.165, 1.54) is 44.9 Å². The van der Waals surface area contributed by atoms with E-state index in [4.69, 9.17) is 9.47 Å². The van der Waals surface area contributed by atoms with Crippen molar-refractivity contribution in [2.45, 2.75) is 70.1 Å². The van der Waals surface area contributed by atoms with Crippen molar-refractivity contribution in [1.82, 2.24) is 5.32 Å². The van der Waals surface area contributed by atoms with E-state index in [1.54, 1.807) is 0 Å². The van der Waals surface area contributed by atoms with Gasteiger partial charge < -0.3 is 14.8 Å². The van der Waals surface area contributed by atoms with Gasteiger partial charge in [-0.2, -0.15) is 0 Å². The van der Waals surface area contributed by atoms with Crippen LogP contribution in [-0.2, 0) is 9.47 Å². The lowest BCUT2D eigenvalue weighted by atomic mass is 10.00. The molecule has 2 aliphatic rings. The number of hydrogen-bond acceptors (Lipinski definition) is 3. The fourth-order valence-corrected chi connectivity index (χ4v) is 2.91. The van der Waals surface area contributed by atoms with E-state index in [0.717, 1.165) is 19.8 Å². The van der Waals surface area contributed by atoms with Crippen molar-refractivity contribution in [1.29, 1.82) is 0 Å². The van der Waals surface area contributed by atoms with Crippen molar-refractivity contribution in [3.05, 3.63) is 0 Å². The summed E-state index contributed by atoms with van der Waals surface area (Å²) in [5, 5.41) is 3.68. The van der Waals surface area contributed by atoms with Crippen LogP contribution in [0.3, 0.4) is 0 Å². The SMILES string of the molecule is CCCC1CC(NCCC2CCCO2)CCO1. The zero-order valence-electron chi connectivity index (χ0n) is 11.1. The molecule has 2 aliphatic heterocycles. The van der Waals surface area contributed by atoms with Crippen molar-refractivity contribution < 1.29 is 9.47 Å².